The zero-order chi connectivity index (χ0) is 12.4. The van der Waals surface area contributed by atoms with E-state index in [2.05, 4.69) is 76.0 Å². The van der Waals surface area contributed by atoms with Crippen LogP contribution in [0.15, 0.2) is 34.1 Å². The Kier molecular flexibility index (Phi) is 4.45. The first-order valence-electron chi connectivity index (χ1n) is 5.51. The van der Waals surface area contributed by atoms with E-state index in [1.807, 2.05) is 0 Å². The lowest BCUT2D eigenvalue weighted by molar-refractivity contribution is 0.955. The van der Waals surface area contributed by atoms with Crippen LogP contribution in [0.25, 0.3) is 0 Å². The van der Waals surface area contributed by atoms with E-state index < -0.39 is 0 Å². The first kappa shape index (κ1) is 13.3. The zero-order valence-corrected chi connectivity index (χ0v) is 13.8. The predicted octanol–water partition coefficient (Wildman–Crippen LogP) is 5.81. The van der Waals surface area contributed by atoms with Gasteiger partial charge in [-0.1, -0.05) is 39.7 Å². The molecule has 0 bridgehead atoms. The molecular weight excluding hydrogens is 360 g/mol. The summed E-state index contributed by atoms with van der Waals surface area (Å²) in [6.07, 6.45) is 1.04. The van der Waals surface area contributed by atoms with Gasteiger partial charge in [0, 0.05) is 4.88 Å². The van der Waals surface area contributed by atoms with Crippen LogP contribution in [-0.4, -0.2) is 0 Å². The average Bonchev–Trinajstić information content (AvgIpc) is 2.70. The van der Waals surface area contributed by atoms with Crippen LogP contribution in [0.2, 0.25) is 0 Å². The fraction of sp³-hybridized carbons (Fsp3) is 0.286. The van der Waals surface area contributed by atoms with Crippen molar-refractivity contribution in [3.8, 4) is 0 Å². The summed E-state index contributed by atoms with van der Waals surface area (Å²) in [7, 11) is 0. The van der Waals surface area contributed by atoms with Crippen LogP contribution in [0.5, 0.6) is 0 Å². The molecule has 1 aromatic carbocycles. The van der Waals surface area contributed by atoms with Crippen LogP contribution >= 0.6 is 43.2 Å². The summed E-state index contributed by atoms with van der Waals surface area (Å²) < 4.78 is 1.19. The van der Waals surface area contributed by atoms with Crippen LogP contribution in [-0.2, 0) is 6.42 Å². The van der Waals surface area contributed by atoms with Gasteiger partial charge in [-0.15, -0.1) is 11.3 Å². The molecule has 90 valence electrons. The van der Waals surface area contributed by atoms with E-state index in [1.165, 1.54) is 25.4 Å². The third-order valence-corrected chi connectivity index (χ3v) is 5.66. The highest BCUT2D eigenvalue weighted by atomic mass is 79.9. The van der Waals surface area contributed by atoms with Gasteiger partial charge in [-0.25, -0.2) is 0 Å². The van der Waals surface area contributed by atoms with Gasteiger partial charge in [-0.3, -0.25) is 0 Å². The summed E-state index contributed by atoms with van der Waals surface area (Å²) in [5, 5.41) is 0. The molecule has 2 aromatic rings. The number of halogens is 2. The molecule has 1 atom stereocenters. The number of alkyl halides is 1. The highest BCUT2D eigenvalue weighted by molar-refractivity contribution is 9.11. The molecule has 1 heterocycles. The van der Waals surface area contributed by atoms with E-state index in [1.54, 1.807) is 11.3 Å². The van der Waals surface area contributed by atoms with Crippen LogP contribution in [0.3, 0.4) is 0 Å². The maximum atomic E-state index is 3.78. The standard InChI is InChI=1S/C14H14Br2S/c1-9-3-4-10(2)11(7-9)8-12(15)13-5-6-14(16)17-13/h3-7,12H,8H2,1-2H3. The summed E-state index contributed by atoms with van der Waals surface area (Å²) in [6.45, 7) is 4.33. The van der Waals surface area contributed by atoms with Gasteiger partial charge in [0.2, 0.25) is 0 Å². The lowest BCUT2D eigenvalue weighted by Crippen LogP contribution is -1.96. The Bertz CT molecular complexity index is 517. The van der Waals surface area contributed by atoms with E-state index in [0.717, 1.165) is 6.42 Å². The Morgan fingerprint density at radius 2 is 1.94 bits per heavy atom. The first-order valence-corrected chi connectivity index (χ1v) is 8.04. The van der Waals surface area contributed by atoms with Gasteiger partial charge in [0.15, 0.2) is 0 Å². The second-order valence-electron chi connectivity index (χ2n) is 4.24. The second kappa shape index (κ2) is 5.68. The smallest absolute Gasteiger partial charge is 0.0701 e. The van der Waals surface area contributed by atoms with Crippen molar-refractivity contribution in [1.82, 2.24) is 0 Å². The van der Waals surface area contributed by atoms with Gasteiger partial charge >= 0.3 is 0 Å². The van der Waals surface area contributed by atoms with E-state index in [-0.39, 0.29) is 0 Å². The number of aryl methyl sites for hydroxylation is 2. The van der Waals surface area contributed by atoms with Gasteiger partial charge in [0.25, 0.3) is 0 Å². The Hall–Kier alpha value is -0.120. The summed E-state index contributed by atoms with van der Waals surface area (Å²) in [4.78, 5) is 1.78. The van der Waals surface area contributed by atoms with Crippen LogP contribution in [0.4, 0.5) is 0 Å². The SMILES string of the molecule is Cc1ccc(C)c(CC(Br)c2ccc(Br)s2)c1. The van der Waals surface area contributed by atoms with Crippen molar-refractivity contribution in [2.45, 2.75) is 25.1 Å². The van der Waals surface area contributed by atoms with Crippen LogP contribution in [0.1, 0.15) is 26.4 Å². The lowest BCUT2D eigenvalue weighted by atomic mass is 10.0. The van der Waals surface area contributed by atoms with Crippen molar-refractivity contribution in [1.29, 1.82) is 0 Å². The molecule has 0 radical (unpaired) electrons. The van der Waals surface area contributed by atoms with Crippen LogP contribution < -0.4 is 0 Å². The van der Waals surface area contributed by atoms with Crippen molar-refractivity contribution in [2.75, 3.05) is 0 Å². The summed E-state index contributed by atoms with van der Waals surface area (Å²) in [5.41, 5.74) is 4.13. The van der Waals surface area contributed by atoms with Gasteiger partial charge in [0.1, 0.15) is 0 Å². The molecule has 3 heteroatoms. The number of thiophene rings is 1. The zero-order valence-electron chi connectivity index (χ0n) is 9.84. The molecule has 17 heavy (non-hydrogen) atoms. The van der Waals surface area contributed by atoms with Gasteiger partial charge in [0.05, 0.1) is 8.61 Å². The molecule has 0 amide bonds. The quantitative estimate of drug-likeness (QED) is 0.596. The molecule has 0 aliphatic carbocycles. The second-order valence-corrected chi connectivity index (χ2v) is 7.84. The summed E-state index contributed by atoms with van der Waals surface area (Å²) in [5.74, 6) is 0. The van der Waals surface area contributed by atoms with E-state index in [0.29, 0.717) is 4.83 Å². The minimum Gasteiger partial charge on any atom is -0.132 e. The highest BCUT2D eigenvalue weighted by Crippen LogP contribution is 2.35. The number of benzene rings is 1. The van der Waals surface area contributed by atoms with Crippen molar-refractivity contribution in [3.05, 3.63) is 55.7 Å². The van der Waals surface area contributed by atoms with E-state index in [9.17, 15) is 0 Å². The first-order chi connectivity index (χ1) is 8.06. The van der Waals surface area contributed by atoms with E-state index in [4.69, 9.17) is 0 Å². The normalized spacial score (nSPS) is 12.7. The Balaban J connectivity index is 2.18. The molecule has 0 aliphatic rings. The Morgan fingerprint density at radius 3 is 2.59 bits per heavy atom. The number of hydrogen-bond acceptors (Lipinski definition) is 1. The fourth-order valence-electron chi connectivity index (χ4n) is 1.81. The molecule has 2 rings (SSSR count). The summed E-state index contributed by atoms with van der Waals surface area (Å²) in [6, 6.07) is 10.9. The van der Waals surface area contributed by atoms with Crippen molar-refractivity contribution in [3.63, 3.8) is 0 Å². The molecule has 0 saturated heterocycles. The molecule has 0 fully saturated rings. The minimum atomic E-state index is 0.402. The maximum absolute atomic E-state index is 3.78. The third kappa shape index (κ3) is 3.43. The fourth-order valence-corrected chi connectivity index (χ4v) is 3.99. The molecule has 0 N–H and O–H groups in total. The maximum Gasteiger partial charge on any atom is 0.0701 e. The predicted molar refractivity (Wildman–Crippen MR) is 83.3 cm³/mol. The van der Waals surface area contributed by atoms with Crippen molar-refractivity contribution >= 4 is 43.2 Å². The number of rotatable bonds is 3. The Morgan fingerprint density at radius 1 is 1.18 bits per heavy atom. The monoisotopic (exact) mass is 372 g/mol. The summed E-state index contributed by atoms with van der Waals surface area (Å²) >= 11 is 9.09. The molecule has 0 nitrogen and oxygen atoms in total. The molecule has 0 saturated carbocycles. The van der Waals surface area contributed by atoms with E-state index >= 15 is 0 Å². The van der Waals surface area contributed by atoms with Gasteiger partial charge in [-0.2, -0.15) is 0 Å². The minimum absolute atomic E-state index is 0.402. The molecule has 1 aromatic heterocycles. The van der Waals surface area contributed by atoms with Crippen LogP contribution in [0, 0.1) is 13.8 Å². The molecule has 1 unspecified atom stereocenters. The highest BCUT2D eigenvalue weighted by Gasteiger charge is 2.12. The lowest BCUT2D eigenvalue weighted by Gasteiger charge is -2.11. The largest absolute Gasteiger partial charge is 0.132 e. The average molecular weight is 374 g/mol. The number of hydrogen-bond donors (Lipinski definition) is 0. The van der Waals surface area contributed by atoms with Crippen molar-refractivity contribution < 1.29 is 0 Å². The molecular formula is C14H14Br2S. The van der Waals surface area contributed by atoms with Gasteiger partial charge < -0.3 is 0 Å². The van der Waals surface area contributed by atoms with Gasteiger partial charge in [-0.05, 0) is 59.5 Å². The molecule has 0 spiro atoms. The Labute approximate surface area is 123 Å². The van der Waals surface area contributed by atoms with Crippen molar-refractivity contribution in [2.24, 2.45) is 0 Å². The molecule has 0 aliphatic heterocycles. The topological polar surface area (TPSA) is 0 Å². The third-order valence-electron chi connectivity index (χ3n) is 2.81.